The molecule has 0 atom stereocenters. The number of nitrogens with two attached hydrogens (primary N) is 1. The monoisotopic (exact) mass is 250 g/mol. The normalized spacial score (nSPS) is 10.7. The van der Waals surface area contributed by atoms with Crippen molar-refractivity contribution in [3.63, 3.8) is 0 Å². The average molecular weight is 250 g/mol. The van der Waals surface area contributed by atoms with Crippen LogP contribution in [0.1, 0.15) is 11.3 Å². The zero-order valence-corrected chi connectivity index (χ0v) is 9.78. The number of benzene rings is 1. The summed E-state index contributed by atoms with van der Waals surface area (Å²) in [5.74, 6) is -1.38. The Bertz CT molecular complexity index is 630. The van der Waals surface area contributed by atoms with Crippen molar-refractivity contribution in [2.75, 3.05) is 0 Å². The van der Waals surface area contributed by atoms with Crippen molar-refractivity contribution < 1.29 is 8.78 Å². The van der Waals surface area contributed by atoms with Crippen LogP contribution >= 0.6 is 0 Å². The minimum Gasteiger partial charge on any atom is -0.326 e. The number of aryl methyl sites for hydroxylation is 1. The molecule has 0 radical (unpaired) electrons. The Morgan fingerprint density at radius 3 is 2.44 bits per heavy atom. The van der Waals surface area contributed by atoms with E-state index >= 15 is 0 Å². The van der Waals surface area contributed by atoms with Crippen molar-refractivity contribution in [2.45, 2.75) is 13.5 Å². The molecule has 2 N–H and O–H groups in total. The first-order valence-electron chi connectivity index (χ1n) is 5.41. The van der Waals surface area contributed by atoms with Crippen molar-refractivity contribution in [3.05, 3.63) is 63.6 Å². The maximum Gasteiger partial charge on any atom is 0.186 e. The number of rotatable bonds is 2. The molecule has 0 amide bonds. The predicted octanol–water partition coefficient (Wildman–Crippen LogP) is 1.88. The summed E-state index contributed by atoms with van der Waals surface area (Å²) in [5, 5.41) is 0. The summed E-state index contributed by atoms with van der Waals surface area (Å²) in [5.41, 5.74) is 5.74. The van der Waals surface area contributed by atoms with Crippen LogP contribution < -0.4 is 11.2 Å². The lowest BCUT2D eigenvalue weighted by Gasteiger charge is -2.13. The Morgan fingerprint density at radius 2 is 1.89 bits per heavy atom. The molecule has 2 rings (SSSR count). The lowest BCUT2D eigenvalue weighted by atomic mass is 10.2. The van der Waals surface area contributed by atoms with Gasteiger partial charge in [-0.2, -0.15) is 0 Å². The summed E-state index contributed by atoms with van der Waals surface area (Å²) in [7, 11) is 0. The lowest BCUT2D eigenvalue weighted by Crippen LogP contribution is -2.18. The van der Waals surface area contributed by atoms with Gasteiger partial charge < -0.3 is 10.3 Å². The van der Waals surface area contributed by atoms with Gasteiger partial charge in [0.25, 0.3) is 0 Å². The van der Waals surface area contributed by atoms with Gasteiger partial charge in [0.1, 0.15) is 17.3 Å². The van der Waals surface area contributed by atoms with Gasteiger partial charge in [0, 0.05) is 30.1 Å². The standard InChI is InChI=1S/C13H12F2N2O/c1-8-5-12(18)9(6-16)7-17(8)13-10(14)3-2-4-11(13)15/h2-5,7H,6,16H2,1H3. The van der Waals surface area contributed by atoms with E-state index in [4.69, 9.17) is 5.73 Å². The minimum atomic E-state index is -0.690. The molecule has 1 heterocycles. The third-order valence-electron chi connectivity index (χ3n) is 2.72. The predicted molar refractivity (Wildman–Crippen MR) is 64.6 cm³/mol. The first kappa shape index (κ1) is 12.4. The van der Waals surface area contributed by atoms with Crippen LogP contribution in [0.25, 0.3) is 5.69 Å². The highest BCUT2D eigenvalue weighted by molar-refractivity contribution is 5.38. The van der Waals surface area contributed by atoms with Crippen molar-refractivity contribution in [1.29, 1.82) is 0 Å². The maximum atomic E-state index is 13.7. The number of hydrogen-bond donors (Lipinski definition) is 1. The van der Waals surface area contributed by atoms with Gasteiger partial charge in [-0.05, 0) is 19.1 Å². The fourth-order valence-corrected chi connectivity index (χ4v) is 1.79. The number of nitrogens with zero attached hydrogens (tertiary/aromatic N) is 1. The number of halogens is 2. The van der Waals surface area contributed by atoms with Crippen LogP contribution in [0.3, 0.4) is 0 Å². The molecule has 18 heavy (non-hydrogen) atoms. The first-order chi connectivity index (χ1) is 8.54. The van der Waals surface area contributed by atoms with Crippen molar-refractivity contribution in [2.24, 2.45) is 5.73 Å². The molecule has 0 aliphatic rings. The summed E-state index contributed by atoms with van der Waals surface area (Å²) in [6.45, 7) is 1.63. The Hall–Kier alpha value is -2.01. The molecule has 0 saturated heterocycles. The third-order valence-corrected chi connectivity index (χ3v) is 2.72. The number of para-hydroxylation sites is 1. The first-order valence-corrected chi connectivity index (χ1v) is 5.41. The highest BCUT2D eigenvalue weighted by Gasteiger charge is 2.13. The minimum absolute atomic E-state index is 0.0230. The van der Waals surface area contributed by atoms with E-state index in [2.05, 4.69) is 0 Å². The molecule has 1 aromatic carbocycles. The van der Waals surface area contributed by atoms with Crippen LogP contribution in [0.2, 0.25) is 0 Å². The van der Waals surface area contributed by atoms with Crippen LogP contribution in [0.5, 0.6) is 0 Å². The quantitative estimate of drug-likeness (QED) is 0.884. The molecule has 1 aromatic heterocycles. The van der Waals surface area contributed by atoms with Gasteiger partial charge in [-0.25, -0.2) is 8.78 Å². The zero-order chi connectivity index (χ0) is 13.3. The van der Waals surface area contributed by atoms with Crippen LogP contribution in [-0.2, 0) is 6.54 Å². The zero-order valence-electron chi connectivity index (χ0n) is 9.78. The topological polar surface area (TPSA) is 48.0 Å². The van der Waals surface area contributed by atoms with Crippen molar-refractivity contribution >= 4 is 0 Å². The summed E-state index contributed by atoms with van der Waals surface area (Å²) in [6.07, 6.45) is 1.37. The second-order valence-electron chi connectivity index (χ2n) is 3.95. The average Bonchev–Trinajstić information content (AvgIpc) is 2.31. The Labute approximate surface area is 102 Å². The maximum absolute atomic E-state index is 13.7. The Balaban J connectivity index is 2.75. The van der Waals surface area contributed by atoms with Gasteiger partial charge >= 0.3 is 0 Å². The Morgan fingerprint density at radius 1 is 1.28 bits per heavy atom. The molecule has 2 aromatic rings. The molecule has 94 valence electrons. The lowest BCUT2D eigenvalue weighted by molar-refractivity contribution is 0.566. The SMILES string of the molecule is Cc1cc(=O)c(CN)cn1-c1c(F)cccc1F. The van der Waals surface area contributed by atoms with E-state index in [1.807, 2.05) is 0 Å². The van der Waals surface area contributed by atoms with E-state index in [1.165, 1.54) is 22.9 Å². The molecular weight excluding hydrogens is 238 g/mol. The summed E-state index contributed by atoms with van der Waals surface area (Å²) >= 11 is 0. The van der Waals surface area contributed by atoms with E-state index in [1.54, 1.807) is 6.92 Å². The number of hydrogen-bond acceptors (Lipinski definition) is 2. The molecule has 0 aliphatic heterocycles. The second-order valence-corrected chi connectivity index (χ2v) is 3.95. The smallest absolute Gasteiger partial charge is 0.186 e. The van der Waals surface area contributed by atoms with Crippen molar-refractivity contribution in [3.8, 4) is 5.69 Å². The molecule has 5 heteroatoms. The fraction of sp³-hybridized carbons (Fsp3) is 0.154. The van der Waals surface area contributed by atoms with Crippen LogP contribution in [-0.4, -0.2) is 4.57 Å². The number of aromatic nitrogens is 1. The van der Waals surface area contributed by atoms with Gasteiger partial charge in [-0.1, -0.05) is 6.07 Å². The summed E-state index contributed by atoms with van der Waals surface area (Å²) in [6, 6.07) is 4.93. The molecular formula is C13H12F2N2O. The molecule has 0 spiro atoms. The van der Waals surface area contributed by atoms with E-state index in [9.17, 15) is 13.6 Å². The number of pyridine rings is 1. The highest BCUT2D eigenvalue weighted by Crippen LogP contribution is 2.18. The van der Waals surface area contributed by atoms with Crippen LogP contribution in [0.15, 0.2) is 35.3 Å². The molecule has 0 unspecified atom stereocenters. The molecule has 3 nitrogen and oxygen atoms in total. The van der Waals surface area contributed by atoms with Crippen molar-refractivity contribution in [1.82, 2.24) is 4.57 Å². The van der Waals surface area contributed by atoms with Gasteiger partial charge in [0.15, 0.2) is 5.43 Å². The molecule has 0 aliphatic carbocycles. The van der Waals surface area contributed by atoms with Gasteiger partial charge in [-0.3, -0.25) is 4.79 Å². The largest absolute Gasteiger partial charge is 0.326 e. The Kier molecular flexibility index (Phi) is 3.25. The molecule has 0 saturated carbocycles. The van der Waals surface area contributed by atoms with Crippen LogP contribution in [0, 0.1) is 18.6 Å². The van der Waals surface area contributed by atoms with E-state index in [0.717, 1.165) is 12.1 Å². The van der Waals surface area contributed by atoms with E-state index in [0.29, 0.717) is 11.3 Å². The second kappa shape index (κ2) is 4.70. The fourth-order valence-electron chi connectivity index (χ4n) is 1.79. The summed E-state index contributed by atoms with van der Waals surface area (Å²) in [4.78, 5) is 11.5. The van der Waals surface area contributed by atoms with Gasteiger partial charge in [0.05, 0.1) is 0 Å². The van der Waals surface area contributed by atoms with E-state index < -0.39 is 11.6 Å². The molecule has 0 bridgehead atoms. The van der Waals surface area contributed by atoms with E-state index in [-0.39, 0.29) is 17.7 Å². The van der Waals surface area contributed by atoms with Crippen LogP contribution in [0.4, 0.5) is 8.78 Å². The van der Waals surface area contributed by atoms with Gasteiger partial charge in [-0.15, -0.1) is 0 Å². The molecule has 0 fully saturated rings. The van der Waals surface area contributed by atoms with Gasteiger partial charge in [0.2, 0.25) is 0 Å². The summed E-state index contributed by atoms with van der Waals surface area (Å²) < 4.78 is 28.7. The highest BCUT2D eigenvalue weighted by atomic mass is 19.1. The third kappa shape index (κ3) is 2.04.